The van der Waals surface area contributed by atoms with Crippen molar-refractivity contribution in [2.45, 2.75) is 20.0 Å². The lowest BCUT2D eigenvalue weighted by Gasteiger charge is -2.22. The number of nitrogens with one attached hydrogen (secondary N) is 1. The molecule has 8 heteroatoms. The zero-order valence-electron chi connectivity index (χ0n) is 17.3. The van der Waals surface area contributed by atoms with Gasteiger partial charge in [-0.05, 0) is 43.3 Å². The minimum Gasteiger partial charge on any atom is -0.497 e. The van der Waals surface area contributed by atoms with Crippen LogP contribution in [-0.2, 0) is 20.1 Å². The van der Waals surface area contributed by atoms with Crippen molar-refractivity contribution >= 4 is 41.3 Å². The molecule has 0 bridgehead atoms. The van der Waals surface area contributed by atoms with Gasteiger partial charge < -0.3 is 19.5 Å². The molecule has 0 aliphatic carbocycles. The van der Waals surface area contributed by atoms with Gasteiger partial charge in [0.2, 0.25) is 0 Å². The van der Waals surface area contributed by atoms with E-state index in [0.29, 0.717) is 6.54 Å². The number of benzene rings is 1. The van der Waals surface area contributed by atoms with Crippen LogP contribution in [0.15, 0.2) is 53.0 Å². The molecule has 156 valence electrons. The first-order valence-corrected chi connectivity index (χ1v) is 10.2. The van der Waals surface area contributed by atoms with Crippen LogP contribution in [0, 0.1) is 0 Å². The van der Waals surface area contributed by atoms with Crippen molar-refractivity contribution in [1.29, 1.82) is 0 Å². The van der Waals surface area contributed by atoms with Gasteiger partial charge >= 0.3 is 0 Å². The molecule has 0 spiro atoms. The first kappa shape index (κ1) is 23.2. The van der Waals surface area contributed by atoms with Crippen molar-refractivity contribution in [3.63, 3.8) is 0 Å². The van der Waals surface area contributed by atoms with E-state index in [2.05, 4.69) is 59.5 Å². The van der Waals surface area contributed by atoms with Crippen LogP contribution < -0.4 is 10.1 Å². The number of aromatic nitrogens is 2. The van der Waals surface area contributed by atoms with E-state index < -0.39 is 0 Å². The molecule has 1 N–H and O–H groups in total. The maximum absolute atomic E-state index is 5.22. The minimum atomic E-state index is 0. The van der Waals surface area contributed by atoms with Crippen molar-refractivity contribution in [3.8, 4) is 16.3 Å². The fourth-order valence-electron chi connectivity index (χ4n) is 2.85. The zero-order chi connectivity index (χ0) is 19.9. The van der Waals surface area contributed by atoms with Crippen molar-refractivity contribution in [3.05, 3.63) is 59.4 Å². The predicted molar refractivity (Wildman–Crippen MR) is 131 cm³/mol. The molecule has 2 aromatic heterocycles. The molecule has 0 radical (unpaired) electrons. The van der Waals surface area contributed by atoms with E-state index in [4.69, 9.17) is 14.7 Å². The Hall–Kier alpha value is -2.07. The second kappa shape index (κ2) is 11.2. The average molecular weight is 525 g/mol. The summed E-state index contributed by atoms with van der Waals surface area (Å²) in [5, 5.41) is 6.43. The Morgan fingerprint density at radius 2 is 2.03 bits per heavy atom. The highest BCUT2D eigenvalue weighted by molar-refractivity contribution is 14.0. The normalized spacial score (nSPS) is 11.1. The summed E-state index contributed by atoms with van der Waals surface area (Å²) in [5.41, 5.74) is 3.30. The monoisotopic (exact) mass is 525 g/mol. The number of aliphatic imine (C=N–C) groups is 1. The number of hydrogen-bond donors (Lipinski definition) is 1. The van der Waals surface area contributed by atoms with E-state index >= 15 is 0 Å². The van der Waals surface area contributed by atoms with Gasteiger partial charge in [-0.3, -0.25) is 0 Å². The van der Waals surface area contributed by atoms with E-state index in [1.807, 2.05) is 24.3 Å². The molecule has 0 aliphatic rings. The molecule has 0 amide bonds. The van der Waals surface area contributed by atoms with Gasteiger partial charge in [-0.25, -0.2) is 9.98 Å². The highest BCUT2D eigenvalue weighted by atomic mass is 127. The molecule has 6 nitrogen and oxygen atoms in total. The third-order valence-electron chi connectivity index (χ3n) is 4.43. The second-order valence-electron chi connectivity index (χ2n) is 6.51. The Bertz CT molecular complexity index is 919. The first-order chi connectivity index (χ1) is 13.6. The van der Waals surface area contributed by atoms with Crippen LogP contribution in [0.25, 0.3) is 10.6 Å². The van der Waals surface area contributed by atoms with Crippen LogP contribution in [0.4, 0.5) is 0 Å². The lowest BCUT2D eigenvalue weighted by atomic mass is 10.2. The van der Waals surface area contributed by atoms with E-state index in [0.717, 1.165) is 41.1 Å². The average Bonchev–Trinajstić information content (AvgIpc) is 3.34. The van der Waals surface area contributed by atoms with Crippen molar-refractivity contribution < 1.29 is 4.74 Å². The summed E-state index contributed by atoms with van der Waals surface area (Å²) in [4.78, 5) is 11.6. The molecule has 0 aliphatic heterocycles. The fraction of sp³-hybridized carbons (Fsp3) is 0.333. The fourth-order valence-corrected chi connectivity index (χ4v) is 3.67. The third kappa shape index (κ3) is 6.20. The summed E-state index contributed by atoms with van der Waals surface area (Å²) in [6.07, 6.45) is 2.06. The number of rotatable bonds is 7. The van der Waals surface area contributed by atoms with Gasteiger partial charge in [-0.2, -0.15) is 0 Å². The van der Waals surface area contributed by atoms with E-state index in [-0.39, 0.29) is 24.0 Å². The molecule has 0 saturated heterocycles. The van der Waals surface area contributed by atoms with Crippen LogP contribution in [-0.4, -0.2) is 41.1 Å². The lowest BCUT2D eigenvalue weighted by molar-refractivity contribution is 0.415. The van der Waals surface area contributed by atoms with Crippen LogP contribution in [0.1, 0.15) is 18.3 Å². The minimum absolute atomic E-state index is 0. The Kier molecular flexibility index (Phi) is 8.97. The smallest absolute Gasteiger partial charge is 0.194 e. The molecular weight excluding hydrogens is 497 g/mol. The van der Waals surface area contributed by atoms with E-state index in [9.17, 15) is 0 Å². The van der Waals surface area contributed by atoms with Crippen LogP contribution in [0.5, 0.6) is 5.75 Å². The van der Waals surface area contributed by atoms with Crippen LogP contribution in [0.2, 0.25) is 0 Å². The summed E-state index contributed by atoms with van der Waals surface area (Å²) >= 11 is 1.64. The highest BCUT2D eigenvalue weighted by Crippen LogP contribution is 2.26. The molecule has 29 heavy (non-hydrogen) atoms. The van der Waals surface area contributed by atoms with Gasteiger partial charge in [-0.15, -0.1) is 35.3 Å². The predicted octanol–water partition coefficient (Wildman–Crippen LogP) is 4.37. The zero-order valence-corrected chi connectivity index (χ0v) is 20.4. The Balaban J connectivity index is 0.00000300. The number of thiazole rings is 1. The molecule has 3 rings (SSSR count). The summed E-state index contributed by atoms with van der Waals surface area (Å²) in [5.74, 6) is 1.73. The Labute approximate surface area is 193 Å². The number of guanidine groups is 1. The van der Waals surface area contributed by atoms with Crippen molar-refractivity contribution in [1.82, 2.24) is 19.8 Å². The Morgan fingerprint density at radius 1 is 1.28 bits per heavy atom. The van der Waals surface area contributed by atoms with Crippen LogP contribution >= 0.6 is 35.3 Å². The second-order valence-corrected chi connectivity index (χ2v) is 7.37. The molecule has 0 unspecified atom stereocenters. The largest absolute Gasteiger partial charge is 0.497 e. The number of hydrogen-bond acceptors (Lipinski definition) is 4. The summed E-state index contributed by atoms with van der Waals surface area (Å²) in [6.45, 7) is 4.25. The van der Waals surface area contributed by atoms with Gasteiger partial charge in [-0.1, -0.05) is 0 Å². The number of halogens is 1. The first-order valence-electron chi connectivity index (χ1n) is 9.29. The molecular formula is C21H28IN5OS. The summed E-state index contributed by atoms with van der Waals surface area (Å²) < 4.78 is 7.34. The standard InChI is InChI=1S/C21H27N5OS.HI/c1-5-22-21(26(3)14-18-7-6-12-25(18)2)23-13-17-15-28-20(24-17)16-8-10-19(27-4)11-9-16;/h6-12,15H,5,13-14H2,1-4H3,(H,22,23);1H. The number of nitrogens with zero attached hydrogens (tertiary/aromatic N) is 4. The van der Waals surface area contributed by atoms with E-state index in [1.54, 1.807) is 18.4 Å². The van der Waals surface area contributed by atoms with Crippen molar-refractivity contribution in [2.24, 2.45) is 12.0 Å². The molecule has 2 heterocycles. The van der Waals surface area contributed by atoms with E-state index in [1.165, 1.54) is 5.69 Å². The molecule has 1 aromatic carbocycles. The number of ether oxygens (including phenoxy) is 1. The topological polar surface area (TPSA) is 54.7 Å². The third-order valence-corrected chi connectivity index (χ3v) is 5.37. The Morgan fingerprint density at radius 3 is 2.66 bits per heavy atom. The lowest BCUT2D eigenvalue weighted by Crippen LogP contribution is -2.38. The maximum atomic E-state index is 5.22. The van der Waals surface area contributed by atoms with Gasteiger partial charge in [0.25, 0.3) is 0 Å². The van der Waals surface area contributed by atoms with Gasteiger partial charge in [0.1, 0.15) is 10.8 Å². The van der Waals surface area contributed by atoms with Gasteiger partial charge in [0.15, 0.2) is 5.96 Å². The SMILES string of the molecule is CCNC(=NCc1csc(-c2ccc(OC)cc2)n1)N(C)Cc1cccn1C.I. The van der Waals surface area contributed by atoms with Crippen LogP contribution in [0.3, 0.4) is 0 Å². The van der Waals surface area contributed by atoms with Gasteiger partial charge in [0.05, 0.1) is 25.9 Å². The summed E-state index contributed by atoms with van der Waals surface area (Å²) in [7, 11) is 5.78. The van der Waals surface area contributed by atoms with Gasteiger partial charge in [0, 0.05) is 43.5 Å². The molecule has 0 fully saturated rings. The molecule has 3 aromatic rings. The number of aryl methyl sites for hydroxylation is 1. The number of methoxy groups -OCH3 is 1. The molecule has 0 saturated carbocycles. The van der Waals surface area contributed by atoms with Crippen molar-refractivity contribution in [2.75, 3.05) is 20.7 Å². The summed E-state index contributed by atoms with van der Waals surface area (Å²) in [6, 6.07) is 12.2. The quantitative estimate of drug-likeness (QED) is 0.283. The maximum Gasteiger partial charge on any atom is 0.194 e. The molecule has 0 atom stereocenters. The highest BCUT2D eigenvalue weighted by Gasteiger charge is 2.10.